The fourth-order valence-corrected chi connectivity index (χ4v) is 3.16. The fourth-order valence-electron chi connectivity index (χ4n) is 1.31. The highest BCUT2D eigenvalue weighted by molar-refractivity contribution is 6.37. The van der Waals surface area contributed by atoms with Crippen LogP contribution in [0.3, 0.4) is 0 Å². The number of rotatable bonds is 6. The molecule has 0 amide bonds. The van der Waals surface area contributed by atoms with Crippen LogP contribution in [0.4, 0.5) is 0 Å². The Bertz CT molecular complexity index is 94.7. The minimum Gasteiger partial charge on any atom is -0.303 e. The first-order chi connectivity index (χ1) is 5.56. The molecule has 0 aromatic heterocycles. The maximum atomic E-state index is 3.56. The molecule has 0 aliphatic rings. The maximum absolute atomic E-state index is 3.56. The van der Waals surface area contributed by atoms with Crippen molar-refractivity contribution in [1.29, 1.82) is 0 Å². The van der Waals surface area contributed by atoms with E-state index in [9.17, 15) is 0 Å². The van der Waals surface area contributed by atoms with E-state index in [-0.39, 0.29) is 9.52 Å². The molecular formula is C9H24N2Si. The third kappa shape index (κ3) is 6.82. The molecule has 0 aromatic rings. The van der Waals surface area contributed by atoms with Gasteiger partial charge < -0.3 is 10.6 Å². The van der Waals surface area contributed by atoms with Crippen LogP contribution >= 0.6 is 0 Å². The van der Waals surface area contributed by atoms with E-state index in [1.54, 1.807) is 0 Å². The van der Waals surface area contributed by atoms with Crippen molar-refractivity contribution < 1.29 is 0 Å². The van der Waals surface area contributed by atoms with Crippen LogP contribution in [0, 0.1) is 0 Å². The molecule has 2 N–H and O–H groups in total. The van der Waals surface area contributed by atoms with E-state index in [1.807, 2.05) is 0 Å². The van der Waals surface area contributed by atoms with Gasteiger partial charge in [0.25, 0.3) is 0 Å². The second-order valence-electron chi connectivity index (χ2n) is 3.98. The van der Waals surface area contributed by atoms with Gasteiger partial charge in [0, 0.05) is 17.9 Å². The Kier molecular flexibility index (Phi) is 6.71. The topological polar surface area (TPSA) is 24.1 Å². The molecule has 0 radical (unpaired) electrons. The summed E-state index contributed by atoms with van der Waals surface area (Å²) in [5.41, 5.74) is 0. The maximum Gasteiger partial charge on any atom is 0.0583 e. The summed E-state index contributed by atoms with van der Waals surface area (Å²) >= 11 is 0. The second-order valence-corrected chi connectivity index (χ2v) is 6.38. The van der Waals surface area contributed by atoms with Gasteiger partial charge in [-0.1, -0.05) is 13.0 Å². The largest absolute Gasteiger partial charge is 0.303 e. The van der Waals surface area contributed by atoms with E-state index in [0.29, 0.717) is 17.9 Å². The molecule has 0 aliphatic carbocycles. The van der Waals surface area contributed by atoms with Crippen molar-refractivity contribution in [3.63, 3.8) is 0 Å². The van der Waals surface area contributed by atoms with Gasteiger partial charge in [0.1, 0.15) is 0 Å². The lowest BCUT2D eigenvalue weighted by atomic mass is 10.4. The molecule has 0 spiro atoms. The predicted molar refractivity (Wildman–Crippen MR) is 59.4 cm³/mol. The predicted octanol–water partition coefficient (Wildman–Crippen LogP) is 0.873. The molecule has 0 heterocycles. The normalized spacial score (nSPS) is 13.0. The van der Waals surface area contributed by atoms with Gasteiger partial charge in [0.2, 0.25) is 0 Å². The van der Waals surface area contributed by atoms with Crippen molar-refractivity contribution in [1.82, 2.24) is 10.6 Å². The molecule has 2 nitrogen and oxygen atoms in total. The van der Waals surface area contributed by atoms with Gasteiger partial charge >= 0.3 is 0 Å². The Morgan fingerprint density at radius 3 is 1.67 bits per heavy atom. The molecule has 3 heteroatoms. The fraction of sp³-hybridized carbons (Fsp3) is 1.00. The molecule has 0 bridgehead atoms. The van der Waals surface area contributed by atoms with Crippen LogP contribution in [0.5, 0.6) is 0 Å². The average molecular weight is 188 g/mol. The first kappa shape index (κ1) is 12.1. The molecule has 0 fully saturated rings. The first-order valence-electron chi connectivity index (χ1n) is 5.08. The van der Waals surface area contributed by atoms with Gasteiger partial charge in [0.15, 0.2) is 0 Å². The van der Waals surface area contributed by atoms with Gasteiger partial charge in [-0.05, 0) is 27.7 Å². The minimum absolute atomic E-state index is 0.0279. The summed E-state index contributed by atoms with van der Waals surface area (Å²) in [6.07, 6.45) is 0. The van der Waals surface area contributed by atoms with E-state index in [1.165, 1.54) is 6.04 Å². The van der Waals surface area contributed by atoms with E-state index in [0.717, 1.165) is 0 Å². The number of hydrogen-bond acceptors (Lipinski definition) is 2. The number of nitrogens with one attached hydrogen (secondary N) is 2. The van der Waals surface area contributed by atoms with Crippen molar-refractivity contribution in [3.05, 3.63) is 0 Å². The van der Waals surface area contributed by atoms with Gasteiger partial charge in [-0.25, -0.2) is 0 Å². The summed E-state index contributed by atoms with van der Waals surface area (Å²) in [6.45, 7) is 11.1. The lowest BCUT2D eigenvalue weighted by Gasteiger charge is -2.24. The van der Waals surface area contributed by atoms with Crippen molar-refractivity contribution >= 4 is 9.52 Å². The lowest BCUT2D eigenvalue weighted by molar-refractivity contribution is 0.448. The smallest absolute Gasteiger partial charge is 0.0583 e. The summed E-state index contributed by atoms with van der Waals surface area (Å²) in [7, 11) is 0.0279. The molecule has 74 valence electrons. The second kappa shape index (κ2) is 6.63. The first-order valence-corrected chi connectivity index (χ1v) is 6.90. The van der Waals surface area contributed by atoms with Crippen LogP contribution in [0.2, 0.25) is 6.04 Å². The molecule has 0 unspecified atom stereocenters. The Labute approximate surface area is 79.3 Å². The zero-order chi connectivity index (χ0) is 9.56. The van der Waals surface area contributed by atoms with Gasteiger partial charge in [-0.2, -0.15) is 0 Å². The summed E-state index contributed by atoms with van der Waals surface area (Å²) in [4.78, 5) is 0. The number of hydrogen-bond donors (Lipinski definition) is 2. The van der Waals surface area contributed by atoms with Crippen molar-refractivity contribution in [2.24, 2.45) is 0 Å². The van der Waals surface area contributed by atoms with Crippen LogP contribution in [-0.2, 0) is 0 Å². The van der Waals surface area contributed by atoms with E-state index in [4.69, 9.17) is 0 Å². The highest BCUT2D eigenvalue weighted by atomic mass is 28.2. The quantitative estimate of drug-likeness (QED) is 0.477. The van der Waals surface area contributed by atoms with Crippen LogP contribution in [0.25, 0.3) is 0 Å². The van der Waals surface area contributed by atoms with E-state index in [2.05, 4.69) is 45.3 Å². The molecule has 0 rings (SSSR count). The van der Waals surface area contributed by atoms with E-state index >= 15 is 0 Å². The third-order valence-corrected chi connectivity index (χ3v) is 3.27. The van der Waals surface area contributed by atoms with Gasteiger partial charge in [0.05, 0.1) is 9.52 Å². The van der Waals surface area contributed by atoms with Crippen LogP contribution < -0.4 is 10.6 Å². The molecule has 0 saturated heterocycles. The van der Waals surface area contributed by atoms with Crippen molar-refractivity contribution in [2.75, 3.05) is 0 Å². The summed E-state index contributed by atoms with van der Waals surface area (Å²) < 4.78 is 0. The van der Waals surface area contributed by atoms with Crippen molar-refractivity contribution in [2.45, 2.75) is 58.5 Å². The third-order valence-electron chi connectivity index (χ3n) is 1.65. The Balaban J connectivity index is 3.69. The molecule has 12 heavy (non-hydrogen) atoms. The highest BCUT2D eigenvalue weighted by Crippen LogP contribution is 1.88. The standard InChI is InChI=1S/C9H24N2Si/c1-6-12-9(10-7(2)3)11-8(4)5/h7-11H,6,12H2,1-5H3. The van der Waals surface area contributed by atoms with Crippen molar-refractivity contribution in [3.8, 4) is 0 Å². The summed E-state index contributed by atoms with van der Waals surface area (Å²) in [5.74, 6) is 0.620. The van der Waals surface area contributed by atoms with Crippen LogP contribution in [0.15, 0.2) is 0 Å². The zero-order valence-electron chi connectivity index (χ0n) is 9.15. The molecule has 0 atom stereocenters. The minimum atomic E-state index is 0.0279. The zero-order valence-corrected chi connectivity index (χ0v) is 10.6. The Morgan fingerprint density at radius 2 is 1.42 bits per heavy atom. The molecular weight excluding hydrogens is 164 g/mol. The SMILES string of the molecule is CC[SiH2]C(NC(C)C)NC(C)C. The molecule has 0 aromatic carbocycles. The molecule has 0 saturated carbocycles. The van der Waals surface area contributed by atoms with Crippen LogP contribution in [-0.4, -0.2) is 27.4 Å². The van der Waals surface area contributed by atoms with Gasteiger partial charge in [-0.15, -0.1) is 0 Å². The lowest BCUT2D eigenvalue weighted by Crippen LogP contribution is -2.51. The monoisotopic (exact) mass is 188 g/mol. The average Bonchev–Trinajstić information content (AvgIpc) is 1.84. The van der Waals surface area contributed by atoms with Gasteiger partial charge in [-0.3, -0.25) is 0 Å². The van der Waals surface area contributed by atoms with Crippen LogP contribution in [0.1, 0.15) is 34.6 Å². The highest BCUT2D eigenvalue weighted by Gasteiger charge is 2.08. The summed E-state index contributed by atoms with van der Waals surface area (Å²) in [5, 5.41) is 7.13. The van der Waals surface area contributed by atoms with E-state index < -0.39 is 0 Å². The molecule has 0 aliphatic heterocycles. The Hall–Kier alpha value is 0.137. The Morgan fingerprint density at radius 1 is 1.00 bits per heavy atom. The summed E-state index contributed by atoms with van der Waals surface area (Å²) in [6, 6.07) is 2.56.